The number of nitrogens with zero attached hydrogens (tertiary/aromatic N) is 5. The van der Waals surface area contributed by atoms with Crippen molar-refractivity contribution in [3.05, 3.63) is 42.1 Å². The monoisotopic (exact) mass is 355 g/mol. The van der Waals surface area contributed by atoms with Crippen LogP contribution in [-0.2, 0) is 5.41 Å². The Bertz CT molecular complexity index is 925. The van der Waals surface area contributed by atoms with E-state index in [0.717, 1.165) is 37.7 Å². The van der Waals surface area contributed by atoms with Gasteiger partial charge >= 0.3 is 0 Å². The van der Waals surface area contributed by atoms with Crippen LogP contribution >= 0.6 is 0 Å². The Balaban J connectivity index is 1.48. The number of aromatic nitrogens is 3. The molecule has 0 radical (unpaired) electrons. The Hall–Kier alpha value is -2.70. The molecule has 7 heteroatoms. The van der Waals surface area contributed by atoms with Gasteiger partial charge in [-0.1, -0.05) is 20.8 Å². The van der Waals surface area contributed by atoms with Crippen molar-refractivity contribution in [3.8, 4) is 0 Å². The fraction of sp³-hybridized carbons (Fsp3) is 0.421. The molecule has 0 atom stereocenters. The number of anilines is 2. The van der Waals surface area contributed by atoms with Crippen molar-refractivity contribution in [2.24, 2.45) is 0 Å². The molecule has 26 heavy (non-hydrogen) atoms. The lowest BCUT2D eigenvalue weighted by molar-refractivity contribution is 0.536. The fourth-order valence-corrected chi connectivity index (χ4v) is 3.08. The molecule has 1 aliphatic heterocycles. The summed E-state index contributed by atoms with van der Waals surface area (Å²) in [7, 11) is 0. The zero-order chi connectivity index (χ0) is 18.3. The summed E-state index contributed by atoms with van der Waals surface area (Å²) in [6.45, 7) is 9.60. The van der Waals surface area contributed by atoms with Crippen LogP contribution in [0.15, 0.2) is 35.0 Å². The number of oxazole rings is 1. The average Bonchev–Trinajstić information content (AvgIpc) is 3.04. The zero-order valence-electron chi connectivity index (χ0n) is 15.2. The summed E-state index contributed by atoms with van der Waals surface area (Å²) in [5.74, 6) is 0.632. The molecule has 136 valence electrons. The maximum absolute atomic E-state index is 13.3. The molecular weight excluding hydrogens is 333 g/mol. The van der Waals surface area contributed by atoms with Gasteiger partial charge in [-0.25, -0.2) is 14.4 Å². The van der Waals surface area contributed by atoms with Crippen LogP contribution in [0.1, 0.15) is 26.5 Å². The van der Waals surface area contributed by atoms with E-state index in [0.29, 0.717) is 17.1 Å². The molecule has 6 nitrogen and oxygen atoms in total. The summed E-state index contributed by atoms with van der Waals surface area (Å²) in [4.78, 5) is 17.6. The fourth-order valence-electron chi connectivity index (χ4n) is 3.08. The molecule has 1 aliphatic rings. The third-order valence-corrected chi connectivity index (χ3v) is 4.63. The third-order valence-electron chi connectivity index (χ3n) is 4.63. The number of hydrogen-bond donors (Lipinski definition) is 0. The van der Waals surface area contributed by atoms with Gasteiger partial charge < -0.3 is 14.2 Å². The molecule has 0 bridgehead atoms. The second-order valence-corrected chi connectivity index (χ2v) is 7.59. The highest BCUT2D eigenvalue weighted by Crippen LogP contribution is 2.26. The van der Waals surface area contributed by atoms with Crippen LogP contribution in [0.4, 0.5) is 16.2 Å². The number of hydrogen-bond acceptors (Lipinski definition) is 6. The molecule has 4 rings (SSSR count). The van der Waals surface area contributed by atoms with Crippen LogP contribution in [0, 0.1) is 5.82 Å². The lowest BCUT2D eigenvalue weighted by Crippen LogP contribution is -2.47. The minimum atomic E-state index is -0.316. The number of piperazine rings is 1. The van der Waals surface area contributed by atoms with Crippen molar-refractivity contribution in [1.82, 2.24) is 15.0 Å². The van der Waals surface area contributed by atoms with Gasteiger partial charge in [0.2, 0.25) is 0 Å². The smallest absolute Gasteiger partial charge is 0.298 e. The molecule has 0 amide bonds. The minimum absolute atomic E-state index is 0.00696. The van der Waals surface area contributed by atoms with E-state index in [-0.39, 0.29) is 11.2 Å². The summed E-state index contributed by atoms with van der Waals surface area (Å²) in [6, 6.07) is 7.02. The Morgan fingerprint density at radius 2 is 1.73 bits per heavy atom. The second kappa shape index (κ2) is 6.23. The summed E-state index contributed by atoms with van der Waals surface area (Å²) in [5.41, 5.74) is 2.18. The van der Waals surface area contributed by atoms with Gasteiger partial charge in [0, 0.05) is 43.7 Å². The first kappa shape index (κ1) is 16.8. The van der Waals surface area contributed by atoms with Gasteiger partial charge in [0.25, 0.3) is 6.01 Å². The Labute approximate surface area is 151 Å². The van der Waals surface area contributed by atoms with Crippen molar-refractivity contribution in [2.45, 2.75) is 26.2 Å². The molecule has 3 heterocycles. The second-order valence-electron chi connectivity index (χ2n) is 7.59. The van der Waals surface area contributed by atoms with Gasteiger partial charge in [-0.2, -0.15) is 4.98 Å². The number of halogens is 1. The predicted octanol–water partition coefficient (Wildman–Crippen LogP) is 3.38. The van der Waals surface area contributed by atoms with Crippen LogP contribution in [-0.4, -0.2) is 41.1 Å². The van der Waals surface area contributed by atoms with Gasteiger partial charge in [-0.15, -0.1) is 0 Å². The largest absolute Gasteiger partial charge is 0.423 e. The minimum Gasteiger partial charge on any atom is -0.423 e. The molecule has 0 N–H and O–H groups in total. The molecule has 1 saturated heterocycles. The van der Waals surface area contributed by atoms with Gasteiger partial charge in [-0.3, -0.25) is 0 Å². The van der Waals surface area contributed by atoms with Crippen LogP contribution in [0.5, 0.6) is 0 Å². The highest BCUT2D eigenvalue weighted by Gasteiger charge is 2.23. The van der Waals surface area contributed by atoms with Crippen molar-refractivity contribution < 1.29 is 8.81 Å². The predicted molar refractivity (Wildman–Crippen MR) is 99.1 cm³/mol. The Kier molecular flexibility index (Phi) is 4.01. The highest BCUT2D eigenvalue weighted by molar-refractivity contribution is 5.74. The number of benzene rings is 1. The molecule has 0 spiro atoms. The average molecular weight is 355 g/mol. The van der Waals surface area contributed by atoms with E-state index >= 15 is 0 Å². The molecule has 0 aliphatic carbocycles. The Morgan fingerprint density at radius 1 is 1.00 bits per heavy atom. The van der Waals surface area contributed by atoms with E-state index in [1.807, 2.05) is 0 Å². The van der Waals surface area contributed by atoms with E-state index in [2.05, 4.69) is 51.6 Å². The molecule has 0 saturated carbocycles. The van der Waals surface area contributed by atoms with Crippen molar-refractivity contribution >= 4 is 22.9 Å². The lowest BCUT2D eigenvalue weighted by atomic mass is 9.92. The Morgan fingerprint density at radius 3 is 2.46 bits per heavy atom. The first-order chi connectivity index (χ1) is 12.4. The van der Waals surface area contributed by atoms with Gasteiger partial charge in [0.15, 0.2) is 5.58 Å². The molecule has 1 aromatic carbocycles. The first-order valence-electron chi connectivity index (χ1n) is 8.79. The van der Waals surface area contributed by atoms with E-state index in [4.69, 9.17) is 4.42 Å². The number of fused-ring (bicyclic) bond motifs is 1. The number of rotatable bonds is 2. The normalized spacial score (nSPS) is 15.7. The maximum atomic E-state index is 13.3. The summed E-state index contributed by atoms with van der Waals surface area (Å²) >= 11 is 0. The van der Waals surface area contributed by atoms with E-state index < -0.39 is 0 Å². The van der Waals surface area contributed by atoms with Crippen LogP contribution in [0.25, 0.3) is 11.1 Å². The lowest BCUT2D eigenvalue weighted by Gasteiger charge is -2.34. The van der Waals surface area contributed by atoms with Crippen molar-refractivity contribution in [3.63, 3.8) is 0 Å². The molecule has 1 fully saturated rings. The standard InChI is InChI=1S/C19H22FN5O/c1-19(2,3)16-11-17(22-12-21-16)24-6-8-25(9-7-24)18-23-14-5-4-13(20)10-15(14)26-18/h4-5,10-12H,6-9H2,1-3H3. The summed E-state index contributed by atoms with van der Waals surface area (Å²) < 4.78 is 19.0. The van der Waals surface area contributed by atoms with Gasteiger partial charge in [0.05, 0.1) is 5.69 Å². The molecular formula is C19H22FN5O. The maximum Gasteiger partial charge on any atom is 0.298 e. The summed E-state index contributed by atoms with van der Waals surface area (Å²) in [6.07, 6.45) is 1.64. The highest BCUT2D eigenvalue weighted by atomic mass is 19.1. The van der Waals surface area contributed by atoms with Gasteiger partial charge in [0.1, 0.15) is 23.5 Å². The third kappa shape index (κ3) is 3.21. The zero-order valence-corrected chi connectivity index (χ0v) is 15.2. The SMILES string of the molecule is CC(C)(C)c1cc(N2CCN(c3nc4ccc(F)cc4o3)CC2)ncn1. The van der Waals surface area contributed by atoms with E-state index in [1.54, 1.807) is 12.4 Å². The molecule has 0 unspecified atom stereocenters. The topological polar surface area (TPSA) is 58.3 Å². The van der Waals surface area contributed by atoms with Crippen LogP contribution < -0.4 is 9.80 Å². The first-order valence-corrected chi connectivity index (χ1v) is 8.79. The van der Waals surface area contributed by atoms with Crippen molar-refractivity contribution in [1.29, 1.82) is 0 Å². The molecule has 3 aromatic rings. The molecule has 2 aromatic heterocycles. The van der Waals surface area contributed by atoms with Gasteiger partial charge in [-0.05, 0) is 12.1 Å². The van der Waals surface area contributed by atoms with Crippen molar-refractivity contribution in [2.75, 3.05) is 36.0 Å². The summed E-state index contributed by atoms with van der Waals surface area (Å²) in [5, 5.41) is 0. The van der Waals surface area contributed by atoms with E-state index in [1.165, 1.54) is 12.1 Å². The quantitative estimate of drug-likeness (QED) is 0.702. The van der Waals surface area contributed by atoms with Crippen LogP contribution in [0.3, 0.4) is 0 Å². The van der Waals surface area contributed by atoms with E-state index in [9.17, 15) is 4.39 Å². The van der Waals surface area contributed by atoms with Crippen LogP contribution in [0.2, 0.25) is 0 Å².